The summed E-state index contributed by atoms with van der Waals surface area (Å²) in [7, 11) is 0. The predicted molar refractivity (Wildman–Crippen MR) is 116 cm³/mol. The van der Waals surface area contributed by atoms with Gasteiger partial charge in [0.15, 0.2) is 11.5 Å². The third-order valence-corrected chi connectivity index (χ3v) is 5.70. The highest BCUT2D eigenvalue weighted by Crippen LogP contribution is 2.22. The van der Waals surface area contributed by atoms with E-state index in [0.717, 1.165) is 27.4 Å². The fourth-order valence-electron chi connectivity index (χ4n) is 2.94. The first kappa shape index (κ1) is 19.1. The minimum absolute atomic E-state index is 0.0619. The van der Waals surface area contributed by atoms with E-state index in [2.05, 4.69) is 20.6 Å². The molecule has 1 N–H and O–H groups in total. The van der Waals surface area contributed by atoms with Crippen LogP contribution in [0.1, 0.15) is 16.7 Å². The Morgan fingerprint density at radius 3 is 2.59 bits per heavy atom. The van der Waals surface area contributed by atoms with E-state index in [1.807, 2.05) is 75.4 Å². The summed E-state index contributed by atoms with van der Waals surface area (Å²) in [5.74, 6) is 0.892. The van der Waals surface area contributed by atoms with Crippen LogP contribution in [0.4, 0.5) is 5.69 Å². The third kappa shape index (κ3) is 4.14. The Hall–Kier alpha value is -3.19. The number of nitrogens with one attached hydrogen (secondary N) is 1. The molecule has 2 aromatic heterocycles. The van der Waals surface area contributed by atoms with E-state index in [0.29, 0.717) is 11.5 Å². The van der Waals surface area contributed by atoms with Crippen LogP contribution in [0.15, 0.2) is 59.6 Å². The molecular weight excluding hydrogens is 382 g/mol. The zero-order chi connectivity index (χ0) is 20.4. The van der Waals surface area contributed by atoms with Crippen LogP contribution in [0, 0.1) is 20.8 Å². The fourth-order valence-corrected chi connectivity index (χ4v) is 3.60. The van der Waals surface area contributed by atoms with E-state index in [1.54, 1.807) is 4.52 Å². The predicted octanol–water partition coefficient (Wildman–Crippen LogP) is 4.45. The zero-order valence-electron chi connectivity index (χ0n) is 16.5. The number of aryl methyl sites for hydroxylation is 2. The number of benzene rings is 2. The van der Waals surface area contributed by atoms with Gasteiger partial charge in [0, 0.05) is 11.3 Å². The molecule has 0 aliphatic heterocycles. The first-order chi connectivity index (χ1) is 14.0. The number of amides is 1. The number of aromatic nitrogens is 4. The molecule has 0 atom stereocenters. The SMILES string of the molecule is Cc1ccc(-c2nnc3ccc(SCC(=O)Nc4cccc(C)c4C)nn23)cc1. The number of carbonyl (C=O) groups is 1. The van der Waals surface area contributed by atoms with Crippen LogP contribution < -0.4 is 5.32 Å². The van der Waals surface area contributed by atoms with E-state index in [9.17, 15) is 4.79 Å². The van der Waals surface area contributed by atoms with Crippen molar-refractivity contribution >= 4 is 29.0 Å². The highest BCUT2D eigenvalue weighted by Gasteiger charge is 2.12. The molecule has 7 heteroatoms. The molecule has 4 rings (SSSR count). The molecule has 0 fully saturated rings. The van der Waals surface area contributed by atoms with Gasteiger partial charge in [-0.05, 0) is 50.1 Å². The largest absolute Gasteiger partial charge is 0.325 e. The van der Waals surface area contributed by atoms with Crippen molar-refractivity contribution in [1.82, 2.24) is 19.8 Å². The number of hydrogen-bond donors (Lipinski definition) is 1. The van der Waals surface area contributed by atoms with Crippen molar-refractivity contribution in [2.45, 2.75) is 25.8 Å². The summed E-state index contributed by atoms with van der Waals surface area (Å²) >= 11 is 1.38. The number of anilines is 1. The van der Waals surface area contributed by atoms with E-state index in [-0.39, 0.29) is 11.7 Å². The van der Waals surface area contributed by atoms with Crippen molar-refractivity contribution in [3.05, 3.63) is 71.3 Å². The molecule has 0 saturated carbocycles. The van der Waals surface area contributed by atoms with Crippen LogP contribution in [0.25, 0.3) is 17.0 Å². The molecule has 2 heterocycles. The number of hydrogen-bond acceptors (Lipinski definition) is 5. The maximum atomic E-state index is 12.4. The normalized spacial score (nSPS) is 11.0. The van der Waals surface area contributed by atoms with Gasteiger partial charge in [0.1, 0.15) is 5.03 Å². The molecule has 0 bridgehead atoms. The molecule has 1 amide bonds. The second-order valence-electron chi connectivity index (χ2n) is 6.92. The monoisotopic (exact) mass is 403 g/mol. The van der Waals surface area contributed by atoms with Crippen LogP contribution >= 0.6 is 11.8 Å². The van der Waals surface area contributed by atoms with Crippen molar-refractivity contribution in [1.29, 1.82) is 0 Å². The van der Waals surface area contributed by atoms with Crippen molar-refractivity contribution in [2.75, 3.05) is 11.1 Å². The summed E-state index contributed by atoms with van der Waals surface area (Å²) in [6.07, 6.45) is 0. The van der Waals surface area contributed by atoms with Gasteiger partial charge in [0.05, 0.1) is 5.75 Å². The summed E-state index contributed by atoms with van der Waals surface area (Å²) in [6, 6.07) is 17.7. The Labute approximate surface area is 173 Å². The Bertz CT molecular complexity index is 1180. The molecule has 2 aromatic carbocycles. The van der Waals surface area contributed by atoms with Gasteiger partial charge in [-0.25, -0.2) is 0 Å². The molecule has 6 nitrogen and oxygen atoms in total. The van der Waals surface area contributed by atoms with Gasteiger partial charge in [-0.2, -0.15) is 9.61 Å². The third-order valence-electron chi connectivity index (χ3n) is 4.78. The summed E-state index contributed by atoms with van der Waals surface area (Å²) in [5.41, 5.74) is 5.88. The average Bonchev–Trinajstić information content (AvgIpc) is 3.14. The second kappa shape index (κ2) is 8.05. The van der Waals surface area contributed by atoms with Crippen LogP contribution in [-0.4, -0.2) is 31.5 Å². The Balaban J connectivity index is 1.49. The summed E-state index contributed by atoms with van der Waals surface area (Å²) in [6.45, 7) is 6.08. The molecule has 29 heavy (non-hydrogen) atoms. The van der Waals surface area contributed by atoms with Gasteiger partial charge in [-0.3, -0.25) is 4.79 Å². The van der Waals surface area contributed by atoms with Crippen LogP contribution in [0.3, 0.4) is 0 Å². The van der Waals surface area contributed by atoms with Gasteiger partial charge in [-0.1, -0.05) is 53.7 Å². The molecule has 0 saturated heterocycles. The van der Waals surface area contributed by atoms with Crippen molar-refractivity contribution in [3.8, 4) is 11.4 Å². The minimum Gasteiger partial charge on any atom is -0.325 e. The molecule has 146 valence electrons. The minimum atomic E-state index is -0.0619. The quantitative estimate of drug-likeness (QED) is 0.499. The van der Waals surface area contributed by atoms with Gasteiger partial charge >= 0.3 is 0 Å². The second-order valence-corrected chi connectivity index (χ2v) is 7.91. The standard InChI is InChI=1S/C22H21N5OS/c1-14-7-9-17(10-8-14)22-25-24-19-11-12-21(26-27(19)22)29-13-20(28)23-18-6-4-5-15(2)16(18)3/h4-12H,13H2,1-3H3,(H,23,28). The van der Waals surface area contributed by atoms with Crippen LogP contribution in [0.2, 0.25) is 0 Å². The molecule has 0 aliphatic carbocycles. The number of thioether (sulfide) groups is 1. The highest BCUT2D eigenvalue weighted by atomic mass is 32.2. The molecular formula is C22H21N5OS. The maximum absolute atomic E-state index is 12.4. The molecule has 0 spiro atoms. The number of fused-ring (bicyclic) bond motifs is 1. The lowest BCUT2D eigenvalue weighted by Gasteiger charge is -2.10. The first-order valence-electron chi connectivity index (χ1n) is 9.29. The lowest BCUT2D eigenvalue weighted by Crippen LogP contribution is -2.15. The van der Waals surface area contributed by atoms with Gasteiger partial charge in [0.2, 0.25) is 5.91 Å². The van der Waals surface area contributed by atoms with E-state index in [4.69, 9.17) is 0 Å². The zero-order valence-corrected chi connectivity index (χ0v) is 17.3. The van der Waals surface area contributed by atoms with E-state index < -0.39 is 0 Å². The number of carbonyl (C=O) groups excluding carboxylic acids is 1. The van der Waals surface area contributed by atoms with E-state index >= 15 is 0 Å². The maximum Gasteiger partial charge on any atom is 0.234 e. The Morgan fingerprint density at radius 1 is 1.00 bits per heavy atom. The van der Waals surface area contributed by atoms with Crippen LogP contribution in [0.5, 0.6) is 0 Å². The lowest BCUT2D eigenvalue weighted by molar-refractivity contribution is -0.113. The summed E-state index contributed by atoms with van der Waals surface area (Å²) < 4.78 is 1.72. The van der Waals surface area contributed by atoms with Crippen LogP contribution in [-0.2, 0) is 4.79 Å². The molecule has 4 aromatic rings. The van der Waals surface area contributed by atoms with Gasteiger partial charge < -0.3 is 5.32 Å². The van der Waals surface area contributed by atoms with E-state index in [1.165, 1.54) is 17.3 Å². The Kier molecular flexibility index (Phi) is 5.31. The first-order valence-corrected chi connectivity index (χ1v) is 10.3. The fraction of sp³-hybridized carbons (Fsp3) is 0.182. The highest BCUT2D eigenvalue weighted by molar-refractivity contribution is 7.99. The molecule has 0 aliphatic rings. The van der Waals surface area contributed by atoms with Crippen molar-refractivity contribution in [3.63, 3.8) is 0 Å². The molecule has 0 unspecified atom stereocenters. The smallest absolute Gasteiger partial charge is 0.234 e. The van der Waals surface area contributed by atoms with Crippen molar-refractivity contribution in [2.24, 2.45) is 0 Å². The number of rotatable bonds is 5. The summed E-state index contributed by atoms with van der Waals surface area (Å²) in [5, 5.41) is 16.8. The van der Waals surface area contributed by atoms with Crippen molar-refractivity contribution < 1.29 is 4.79 Å². The number of nitrogens with zero attached hydrogens (tertiary/aromatic N) is 4. The average molecular weight is 404 g/mol. The topological polar surface area (TPSA) is 72.2 Å². The molecule has 0 radical (unpaired) electrons. The Morgan fingerprint density at radius 2 is 1.79 bits per heavy atom. The summed E-state index contributed by atoms with van der Waals surface area (Å²) in [4.78, 5) is 12.4. The van der Waals surface area contributed by atoms with Gasteiger partial charge in [-0.15, -0.1) is 10.2 Å². The van der Waals surface area contributed by atoms with Gasteiger partial charge in [0.25, 0.3) is 0 Å². The lowest BCUT2D eigenvalue weighted by atomic mass is 10.1.